The molecule has 166 valence electrons. The fraction of sp³-hybridized carbons (Fsp3) is 0.542. The van der Waals surface area contributed by atoms with Crippen molar-refractivity contribution >= 4 is 23.2 Å². The second kappa shape index (κ2) is 9.81. The number of likely N-dealkylation sites (tertiary alicyclic amines) is 1. The molecule has 2 aromatic rings. The first-order valence-electron chi connectivity index (χ1n) is 11.2. The smallest absolute Gasteiger partial charge is 0.255 e. The minimum atomic E-state index is -0.100. The molecule has 1 atom stereocenters. The summed E-state index contributed by atoms with van der Waals surface area (Å²) in [5.74, 6) is 0.686. The van der Waals surface area contributed by atoms with Crippen LogP contribution in [0.5, 0.6) is 5.75 Å². The quantitative estimate of drug-likeness (QED) is 0.765. The minimum absolute atomic E-state index is 0.0729. The van der Waals surface area contributed by atoms with E-state index in [4.69, 9.17) is 4.74 Å². The first-order valence-corrected chi connectivity index (χ1v) is 12.1. The molecule has 6 nitrogen and oxygen atoms in total. The summed E-state index contributed by atoms with van der Waals surface area (Å²) >= 11 is 1.58. The number of amides is 2. The maximum absolute atomic E-state index is 13.0. The first-order chi connectivity index (χ1) is 15.0. The number of hydrogen-bond donors (Lipinski definition) is 1. The van der Waals surface area contributed by atoms with Crippen LogP contribution >= 0.6 is 11.3 Å². The van der Waals surface area contributed by atoms with E-state index < -0.39 is 0 Å². The van der Waals surface area contributed by atoms with Crippen LogP contribution in [0.25, 0.3) is 0 Å². The molecule has 2 aliphatic rings. The van der Waals surface area contributed by atoms with Crippen molar-refractivity contribution < 1.29 is 14.3 Å². The number of thiazole rings is 1. The van der Waals surface area contributed by atoms with Crippen molar-refractivity contribution in [1.82, 2.24) is 15.2 Å². The predicted molar refractivity (Wildman–Crippen MR) is 122 cm³/mol. The number of carbonyl (C=O) groups is 2. The van der Waals surface area contributed by atoms with Crippen molar-refractivity contribution in [2.75, 3.05) is 26.2 Å². The van der Waals surface area contributed by atoms with E-state index in [1.165, 1.54) is 0 Å². The van der Waals surface area contributed by atoms with Crippen LogP contribution in [0.3, 0.4) is 0 Å². The van der Waals surface area contributed by atoms with Gasteiger partial charge < -0.3 is 15.0 Å². The van der Waals surface area contributed by atoms with Gasteiger partial charge in [0.25, 0.3) is 5.91 Å². The largest absolute Gasteiger partial charge is 0.493 e. The molecule has 31 heavy (non-hydrogen) atoms. The van der Waals surface area contributed by atoms with Gasteiger partial charge >= 0.3 is 0 Å². The van der Waals surface area contributed by atoms with Crippen molar-refractivity contribution in [1.29, 1.82) is 0 Å². The molecule has 2 amide bonds. The van der Waals surface area contributed by atoms with Gasteiger partial charge in [0, 0.05) is 30.4 Å². The number of fused-ring (bicyclic) bond motifs is 1. The molecular weight excluding hydrogens is 410 g/mol. The fourth-order valence-electron chi connectivity index (χ4n) is 4.72. The molecule has 1 saturated heterocycles. The molecule has 1 aromatic carbocycles. The molecule has 1 unspecified atom stereocenters. The van der Waals surface area contributed by atoms with Crippen LogP contribution in [0, 0.1) is 12.3 Å². The zero-order valence-electron chi connectivity index (χ0n) is 18.2. The highest BCUT2D eigenvalue weighted by molar-refractivity contribution is 7.09. The predicted octanol–water partition coefficient (Wildman–Crippen LogP) is 3.99. The molecule has 3 heterocycles. The standard InChI is InChI=1S/C24H31N3O3S/c1-18-26-19(15-31-18)14-22(28)27-12-7-11-24(17-27)10-5-2-6-13-30-21-9-4-3-8-20(21)23(29)25-16-24/h3-4,8-9,15H,2,5-7,10-14,16-17H2,1H3,(H,25,29). The molecule has 4 rings (SSSR count). The Morgan fingerprint density at radius 1 is 1.23 bits per heavy atom. The van der Waals surface area contributed by atoms with E-state index in [1.807, 2.05) is 41.5 Å². The third-order valence-electron chi connectivity index (χ3n) is 6.38. The Kier molecular flexibility index (Phi) is 6.90. The third-order valence-corrected chi connectivity index (χ3v) is 7.20. The van der Waals surface area contributed by atoms with E-state index in [0.29, 0.717) is 37.4 Å². The van der Waals surface area contributed by atoms with Gasteiger partial charge in [-0.3, -0.25) is 9.59 Å². The lowest BCUT2D eigenvalue weighted by atomic mass is 9.75. The normalized spacial score (nSPS) is 22.6. The van der Waals surface area contributed by atoms with Crippen LogP contribution < -0.4 is 10.1 Å². The summed E-state index contributed by atoms with van der Waals surface area (Å²) < 4.78 is 5.86. The van der Waals surface area contributed by atoms with E-state index in [2.05, 4.69) is 10.3 Å². The fourth-order valence-corrected chi connectivity index (χ4v) is 5.33. The van der Waals surface area contributed by atoms with Gasteiger partial charge in [0.05, 0.1) is 29.3 Å². The highest BCUT2D eigenvalue weighted by Gasteiger charge is 2.37. The molecule has 1 aromatic heterocycles. The Morgan fingerprint density at radius 3 is 2.90 bits per heavy atom. The van der Waals surface area contributed by atoms with Crippen LogP contribution in [-0.4, -0.2) is 47.9 Å². The summed E-state index contributed by atoms with van der Waals surface area (Å²) in [4.78, 5) is 32.4. The van der Waals surface area contributed by atoms with Gasteiger partial charge in [-0.25, -0.2) is 4.98 Å². The van der Waals surface area contributed by atoms with Crippen LogP contribution in [0.15, 0.2) is 29.6 Å². The zero-order valence-corrected chi connectivity index (χ0v) is 19.0. The maximum atomic E-state index is 13.0. The van der Waals surface area contributed by atoms with E-state index in [9.17, 15) is 9.59 Å². The number of hydrogen-bond acceptors (Lipinski definition) is 5. The van der Waals surface area contributed by atoms with E-state index in [-0.39, 0.29) is 17.2 Å². The number of nitrogens with zero attached hydrogens (tertiary/aromatic N) is 2. The Balaban J connectivity index is 1.48. The maximum Gasteiger partial charge on any atom is 0.255 e. The van der Waals surface area contributed by atoms with Crippen molar-refractivity contribution in [2.24, 2.45) is 5.41 Å². The van der Waals surface area contributed by atoms with Crippen LogP contribution in [0.1, 0.15) is 59.6 Å². The van der Waals surface area contributed by atoms with E-state index in [1.54, 1.807) is 11.3 Å². The van der Waals surface area contributed by atoms with E-state index in [0.717, 1.165) is 55.8 Å². The van der Waals surface area contributed by atoms with Gasteiger partial charge in [-0.05, 0) is 44.7 Å². The molecule has 0 saturated carbocycles. The number of aromatic nitrogens is 1. The summed E-state index contributed by atoms with van der Waals surface area (Å²) in [6.45, 7) is 4.65. The highest BCUT2D eigenvalue weighted by Crippen LogP contribution is 2.36. The molecule has 1 spiro atoms. The van der Waals surface area contributed by atoms with Gasteiger partial charge in [0.15, 0.2) is 0 Å². The number of nitrogens with one attached hydrogen (secondary N) is 1. The number of piperidine rings is 1. The van der Waals surface area contributed by atoms with Crippen LogP contribution in [0.2, 0.25) is 0 Å². The van der Waals surface area contributed by atoms with Crippen LogP contribution in [0.4, 0.5) is 0 Å². The average Bonchev–Trinajstić information content (AvgIpc) is 3.18. The third kappa shape index (κ3) is 5.45. The number of rotatable bonds is 2. The van der Waals surface area contributed by atoms with Crippen molar-refractivity contribution in [3.8, 4) is 5.75 Å². The number of para-hydroxylation sites is 1. The molecule has 0 bridgehead atoms. The van der Waals surface area contributed by atoms with Gasteiger partial charge in [0.1, 0.15) is 5.75 Å². The topological polar surface area (TPSA) is 71.5 Å². The number of carbonyl (C=O) groups excluding carboxylic acids is 2. The van der Waals surface area contributed by atoms with Crippen LogP contribution in [-0.2, 0) is 11.2 Å². The summed E-state index contributed by atoms with van der Waals surface area (Å²) in [6, 6.07) is 7.44. The van der Waals surface area contributed by atoms with Gasteiger partial charge in [0.2, 0.25) is 5.91 Å². The van der Waals surface area contributed by atoms with Crippen molar-refractivity contribution in [2.45, 2.75) is 51.9 Å². The zero-order chi connectivity index (χ0) is 21.7. The van der Waals surface area contributed by atoms with Crippen molar-refractivity contribution in [3.05, 3.63) is 45.9 Å². The monoisotopic (exact) mass is 441 g/mol. The second-order valence-electron chi connectivity index (χ2n) is 8.79. The van der Waals surface area contributed by atoms with Gasteiger partial charge in [-0.15, -0.1) is 11.3 Å². The molecule has 0 aliphatic carbocycles. The Morgan fingerprint density at radius 2 is 2.06 bits per heavy atom. The molecule has 1 fully saturated rings. The SMILES string of the molecule is Cc1nc(CC(=O)N2CCCC3(CCCCCOc4ccccc4C(=O)NC3)C2)cs1. The Hall–Kier alpha value is -2.41. The molecular formula is C24H31N3O3S. The summed E-state index contributed by atoms with van der Waals surface area (Å²) in [6.07, 6.45) is 6.50. The summed E-state index contributed by atoms with van der Waals surface area (Å²) in [7, 11) is 0. The summed E-state index contributed by atoms with van der Waals surface area (Å²) in [5, 5.41) is 6.13. The summed E-state index contributed by atoms with van der Waals surface area (Å²) in [5.41, 5.74) is 1.37. The molecule has 0 radical (unpaired) electrons. The highest BCUT2D eigenvalue weighted by atomic mass is 32.1. The molecule has 2 aliphatic heterocycles. The molecule has 1 N–H and O–H groups in total. The number of benzene rings is 1. The Bertz CT molecular complexity index is 928. The lowest BCUT2D eigenvalue weighted by Gasteiger charge is -2.43. The lowest BCUT2D eigenvalue weighted by Crippen LogP contribution is -2.51. The second-order valence-corrected chi connectivity index (χ2v) is 9.85. The average molecular weight is 442 g/mol. The van der Waals surface area contributed by atoms with Gasteiger partial charge in [-0.1, -0.05) is 25.0 Å². The first kappa shape index (κ1) is 21.8. The van der Waals surface area contributed by atoms with E-state index >= 15 is 0 Å². The van der Waals surface area contributed by atoms with Crippen molar-refractivity contribution in [3.63, 3.8) is 0 Å². The number of ether oxygens (including phenoxy) is 1. The molecule has 7 heteroatoms. The minimum Gasteiger partial charge on any atom is -0.493 e. The Labute approximate surface area is 188 Å². The number of aryl methyl sites for hydroxylation is 1. The van der Waals surface area contributed by atoms with Gasteiger partial charge in [-0.2, -0.15) is 0 Å². The lowest BCUT2D eigenvalue weighted by molar-refractivity contribution is -0.134.